The molecule has 196 valence electrons. The molecule has 3 aromatic carbocycles. The summed E-state index contributed by atoms with van der Waals surface area (Å²) < 4.78 is 12.5. The number of hydrogen-bond donors (Lipinski definition) is 4. The molecule has 1 atom stereocenters. The maximum atomic E-state index is 13.6. The van der Waals surface area contributed by atoms with Gasteiger partial charge in [0.2, 0.25) is 0 Å². The number of aromatic hydroxyl groups is 4. The summed E-state index contributed by atoms with van der Waals surface area (Å²) in [4.78, 5) is 25.8. The third kappa shape index (κ3) is 3.93. The van der Waals surface area contributed by atoms with E-state index in [0.29, 0.717) is 0 Å². The topological polar surface area (TPSA) is 134 Å². The summed E-state index contributed by atoms with van der Waals surface area (Å²) in [6, 6.07) is 9.19. The van der Waals surface area contributed by atoms with Crippen LogP contribution in [0.25, 0.3) is 6.08 Å². The van der Waals surface area contributed by atoms with E-state index >= 15 is 0 Å². The Morgan fingerprint density at radius 1 is 0.974 bits per heavy atom. The molecule has 0 spiro atoms. The molecular weight excluding hydrogens is 488 g/mol. The number of rotatable bonds is 4. The fraction of sp³-hybridized carbons (Fsp3) is 0.267. The van der Waals surface area contributed by atoms with E-state index in [1.54, 1.807) is 12.2 Å². The lowest BCUT2D eigenvalue weighted by atomic mass is 9.86. The van der Waals surface area contributed by atoms with Gasteiger partial charge in [-0.15, -0.1) is 0 Å². The van der Waals surface area contributed by atoms with Gasteiger partial charge in [-0.05, 0) is 45.4 Å². The normalized spacial score (nSPS) is 17.3. The Labute approximate surface area is 219 Å². The van der Waals surface area contributed by atoms with Crippen LogP contribution in [0.1, 0.15) is 81.8 Å². The zero-order chi connectivity index (χ0) is 27.5. The van der Waals surface area contributed by atoms with Crippen LogP contribution in [-0.2, 0) is 6.42 Å². The number of hydrogen-bond acceptors (Lipinski definition) is 8. The molecule has 8 heteroatoms. The van der Waals surface area contributed by atoms with Crippen molar-refractivity contribution in [2.24, 2.45) is 0 Å². The molecule has 0 amide bonds. The van der Waals surface area contributed by atoms with Gasteiger partial charge in [0.1, 0.15) is 57.3 Å². The fourth-order valence-electron chi connectivity index (χ4n) is 5.04. The van der Waals surface area contributed by atoms with Crippen molar-refractivity contribution in [3.63, 3.8) is 0 Å². The Bertz CT molecular complexity index is 1530. The monoisotopic (exact) mass is 516 g/mol. The third-order valence-electron chi connectivity index (χ3n) is 7.07. The molecule has 0 aromatic heterocycles. The van der Waals surface area contributed by atoms with Crippen LogP contribution in [0, 0.1) is 6.92 Å². The van der Waals surface area contributed by atoms with E-state index in [-0.39, 0.29) is 69.3 Å². The van der Waals surface area contributed by atoms with Crippen LogP contribution in [0.2, 0.25) is 0 Å². The first-order chi connectivity index (χ1) is 17.9. The number of phenolic OH excluding ortho intramolecular Hbond substituents is 4. The first kappa shape index (κ1) is 25.2. The minimum Gasteiger partial charge on any atom is -0.507 e. The minimum absolute atomic E-state index is 0.00143. The SMILES string of the molecule is CC(=O)c1c(O)c(C)c(O)c(Cc2c(O)c3c(c4c2OC(c2ccccc2)CC4=O)OC(C)(C)C=C3)c1O. The molecule has 0 saturated carbocycles. The van der Waals surface area contributed by atoms with Gasteiger partial charge >= 0.3 is 0 Å². The largest absolute Gasteiger partial charge is 0.507 e. The molecule has 0 saturated heterocycles. The quantitative estimate of drug-likeness (QED) is 0.334. The summed E-state index contributed by atoms with van der Waals surface area (Å²) in [6.07, 6.45) is 2.52. The second-order valence-corrected chi connectivity index (χ2v) is 10.2. The molecule has 0 bridgehead atoms. The summed E-state index contributed by atoms with van der Waals surface area (Å²) in [5.74, 6) is -2.40. The molecule has 5 rings (SSSR count). The summed E-state index contributed by atoms with van der Waals surface area (Å²) in [6.45, 7) is 6.24. The Balaban J connectivity index is 1.76. The number of ether oxygens (including phenoxy) is 2. The highest BCUT2D eigenvalue weighted by atomic mass is 16.5. The number of benzene rings is 3. The van der Waals surface area contributed by atoms with Crippen LogP contribution in [-0.4, -0.2) is 37.6 Å². The van der Waals surface area contributed by atoms with Crippen LogP contribution in [0.4, 0.5) is 0 Å². The van der Waals surface area contributed by atoms with Crippen molar-refractivity contribution in [2.75, 3.05) is 0 Å². The number of ketones is 2. The zero-order valence-electron chi connectivity index (χ0n) is 21.5. The lowest BCUT2D eigenvalue weighted by molar-refractivity contribution is 0.0825. The van der Waals surface area contributed by atoms with Crippen LogP contribution >= 0.6 is 0 Å². The Morgan fingerprint density at radius 2 is 1.66 bits per heavy atom. The van der Waals surface area contributed by atoms with E-state index in [2.05, 4.69) is 0 Å². The number of phenols is 4. The van der Waals surface area contributed by atoms with E-state index in [9.17, 15) is 30.0 Å². The summed E-state index contributed by atoms with van der Waals surface area (Å²) in [7, 11) is 0. The Hall–Kier alpha value is -4.46. The van der Waals surface area contributed by atoms with Gasteiger partial charge in [-0.1, -0.05) is 30.3 Å². The van der Waals surface area contributed by atoms with Crippen molar-refractivity contribution in [2.45, 2.75) is 52.2 Å². The van der Waals surface area contributed by atoms with Gasteiger partial charge in [0.15, 0.2) is 11.6 Å². The van der Waals surface area contributed by atoms with Crippen LogP contribution in [0.3, 0.4) is 0 Å². The van der Waals surface area contributed by atoms with Crippen molar-refractivity contribution < 1.29 is 39.5 Å². The predicted octanol–water partition coefficient (Wildman–Crippen LogP) is 5.50. The third-order valence-corrected chi connectivity index (χ3v) is 7.07. The molecule has 3 aromatic rings. The summed E-state index contributed by atoms with van der Waals surface area (Å²) in [5, 5.41) is 43.6. The second kappa shape index (κ2) is 8.83. The van der Waals surface area contributed by atoms with Gasteiger partial charge in [-0.2, -0.15) is 0 Å². The van der Waals surface area contributed by atoms with E-state index < -0.39 is 34.7 Å². The van der Waals surface area contributed by atoms with Gasteiger partial charge in [0.05, 0.1) is 12.0 Å². The molecule has 0 aliphatic carbocycles. The number of carbonyl (C=O) groups excluding carboxylic acids is 2. The highest BCUT2D eigenvalue weighted by Gasteiger charge is 2.39. The van der Waals surface area contributed by atoms with Gasteiger partial charge < -0.3 is 29.9 Å². The van der Waals surface area contributed by atoms with Gasteiger partial charge in [-0.3, -0.25) is 9.59 Å². The van der Waals surface area contributed by atoms with E-state index in [0.717, 1.165) is 5.56 Å². The second-order valence-electron chi connectivity index (χ2n) is 10.2. The smallest absolute Gasteiger partial charge is 0.174 e. The lowest BCUT2D eigenvalue weighted by Crippen LogP contribution is -2.30. The fourth-order valence-corrected chi connectivity index (χ4v) is 5.04. The van der Waals surface area contributed by atoms with Crippen molar-refractivity contribution in [1.82, 2.24) is 0 Å². The lowest BCUT2D eigenvalue weighted by Gasteiger charge is -2.35. The van der Waals surface area contributed by atoms with Crippen molar-refractivity contribution in [3.05, 3.63) is 75.4 Å². The van der Waals surface area contributed by atoms with E-state index in [1.165, 1.54) is 13.8 Å². The van der Waals surface area contributed by atoms with Crippen LogP contribution in [0.5, 0.6) is 34.5 Å². The van der Waals surface area contributed by atoms with Crippen LogP contribution < -0.4 is 9.47 Å². The first-order valence-corrected chi connectivity index (χ1v) is 12.2. The number of fused-ring (bicyclic) bond motifs is 3. The molecule has 0 fully saturated rings. The molecule has 0 radical (unpaired) electrons. The molecule has 2 heterocycles. The van der Waals surface area contributed by atoms with E-state index in [1.807, 2.05) is 44.2 Å². The highest BCUT2D eigenvalue weighted by Crippen LogP contribution is 2.53. The Kier molecular flexibility index (Phi) is 5.86. The van der Waals surface area contributed by atoms with Crippen molar-refractivity contribution >= 4 is 17.6 Å². The summed E-state index contributed by atoms with van der Waals surface area (Å²) >= 11 is 0. The van der Waals surface area contributed by atoms with Gasteiger partial charge in [-0.25, -0.2) is 0 Å². The molecule has 2 aliphatic heterocycles. The number of Topliss-reactive ketones (excluding diaryl/α,β-unsaturated/α-hetero) is 2. The average Bonchev–Trinajstić information content (AvgIpc) is 2.86. The van der Waals surface area contributed by atoms with E-state index in [4.69, 9.17) is 9.47 Å². The molecular formula is C30H28O8. The molecule has 1 unspecified atom stereocenters. The maximum Gasteiger partial charge on any atom is 0.174 e. The molecule has 38 heavy (non-hydrogen) atoms. The Morgan fingerprint density at radius 3 is 2.32 bits per heavy atom. The summed E-state index contributed by atoms with van der Waals surface area (Å²) in [5.41, 5.74) is 0.151. The molecule has 8 nitrogen and oxygen atoms in total. The maximum absolute atomic E-state index is 13.6. The zero-order valence-corrected chi connectivity index (χ0v) is 21.5. The first-order valence-electron chi connectivity index (χ1n) is 12.2. The van der Waals surface area contributed by atoms with Crippen molar-refractivity contribution in [1.29, 1.82) is 0 Å². The highest BCUT2D eigenvalue weighted by molar-refractivity contribution is 6.05. The van der Waals surface area contributed by atoms with Crippen LogP contribution in [0.15, 0.2) is 36.4 Å². The van der Waals surface area contributed by atoms with Gasteiger partial charge in [0, 0.05) is 23.1 Å². The molecule has 4 N–H and O–H groups in total. The van der Waals surface area contributed by atoms with Gasteiger partial charge in [0.25, 0.3) is 0 Å². The average molecular weight is 517 g/mol. The number of carbonyl (C=O) groups is 2. The van der Waals surface area contributed by atoms with Crippen molar-refractivity contribution in [3.8, 4) is 34.5 Å². The molecule has 2 aliphatic rings. The minimum atomic E-state index is -0.744. The predicted molar refractivity (Wildman–Crippen MR) is 140 cm³/mol. The standard InChI is InChI=1S/C30H28O8/c1-14-24(33)18(27(36)22(15(2)31)25(14)34)12-19-26(35)17-10-11-30(3,4)38-29(17)23-20(32)13-21(37-28(19)23)16-8-6-5-7-9-16/h5-11,21,33-36H,12-13H2,1-4H3.